The first-order valence-electron chi connectivity index (χ1n) is 5.24. The van der Waals surface area contributed by atoms with Gasteiger partial charge in [-0.05, 0) is 5.56 Å². The molecule has 0 saturated heterocycles. The van der Waals surface area contributed by atoms with E-state index in [-0.39, 0.29) is 17.9 Å². The van der Waals surface area contributed by atoms with Gasteiger partial charge in [0.15, 0.2) is 5.69 Å². The number of nitro benzene ring substituents is 1. The Balaban J connectivity index is 2.17. The Labute approximate surface area is 107 Å². The molecule has 1 aromatic carbocycles. The Bertz CT molecular complexity index is 623. The second kappa shape index (κ2) is 5.23. The summed E-state index contributed by atoms with van der Waals surface area (Å²) in [6.45, 7) is 0.270. The van der Waals surface area contributed by atoms with Crippen molar-refractivity contribution in [2.24, 2.45) is 5.84 Å². The number of carbonyl (C=O) groups excluding carboxylic acids is 1. The van der Waals surface area contributed by atoms with Gasteiger partial charge < -0.3 is 0 Å². The van der Waals surface area contributed by atoms with Crippen molar-refractivity contribution in [1.82, 2.24) is 20.4 Å². The Kier molecular flexibility index (Phi) is 3.48. The van der Waals surface area contributed by atoms with Gasteiger partial charge in [0.25, 0.3) is 11.6 Å². The maximum atomic E-state index is 11.2. The van der Waals surface area contributed by atoms with Crippen molar-refractivity contribution in [3.63, 3.8) is 0 Å². The minimum absolute atomic E-state index is 0.00228. The predicted octanol–water partition coefficient (Wildman–Crippen LogP) is -0.162. The molecule has 0 spiro atoms. The summed E-state index contributed by atoms with van der Waals surface area (Å²) >= 11 is 0. The Hall–Kier alpha value is -2.81. The molecule has 0 unspecified atom stereocenters. The molecular formula is C10H10N6O3. The molecule has 1 amide bonds. The Morgan fingerprint density at radius 1 is 1.53 bits per heavy atom. The van der Waals surface area contributed by atoms with Crippen LogP contribution in [-0.2, 0) is 6.54 Å². The van der Waals surface area contributed by atoms with Crippen LogP contribution in [0.3, 0.4) is 0 Å². The second-order valence-electron chi connectivity index (χ2n) is 3.70. The molecule has 19 heavy (non-hydrogen) atoms. The number of carbonyl (C=O) groups is 1. The van der Waals surface area contributed by atoms with E-state index in [1.807, 2.05) is 5.43 Å². The number of non-ortho nitro benzene ring substituents is 1. The summed E-state index contributed by atoms with van der Waals surface area (Å²) in [4.78, 5) is 21.3. The number of benzene rings is 1. The molecule has 9 nitrogen and oxygen atoms in total. The highest BCUT2D eigenvalue weighted by Crippen LogP contribution is 2.13. The summed E-state index contributed by atoms with van der Waals surface area (Å²) in [5.74, 6) is 4.42. The molecule has 2 aromatic rings. The van der Waals surface area contributed by atoms with Crippen LogP contribution in [0, 0.1) is 10.1 Å². The molecule has 9 heteroatoms. The van der Waals surface area contributed by atoms with E-state index in [2.05, 4.69) is 10.3 Å². The van der Waals surface area contributed by atoms with Crippen LogP contribution < -0.4 is 11.3 Å². The number of nitrogens with two attached hydrogens (primary N) is 1. The van der Waals surface area contributed by atoms with Gasteiger partial charge in [-0.25, -0.2) is 10.5 Å². The summed E-state index contributed by atoms with van der Waals surface area (Å²) in [6.07, 6.45) is 1.40. The number of nitrogens with zero attached hydrogens (tertiary/aromatic N) is 4. The van der Waals surface area contributed by atoms with Gasteiger partial charge >= 0.3 is 0 Å². The maximum absolute atomic E-state index is 11.2. The van der Waals surface area contributed by atoms with Crippen LogP contribution in [0.15, 0.2) is 30.5 Å². The van der Waals surface area contributed by atoms with Gasteiger partial charge in [0.05, 0.1) is 17.7 Å². The summed E-state index contributed by atoms with van der Waals surface area (Å²) in [6, 6.07) is 6.14. The molecular weight excluding hydrogens is 252 g/mol. The van der Waals surface area contributed by atoms with Gasteiger partial charge in [0.2, 0.25) is 0 Å². The number of nitro groups is 1. The van der Waals surface area contributed by atoms with E-state index in [1.54, 1.807) is 12.1 Å². The predicted molar refractivity (Wildman–Crippen MR) is 63.9 cm³/mol. The van der Waals surface area contributed by atoms with Crippen molar-refractivity contribution in [3.05, 3.63) is 51.8 Å². The lowest BCUT2D eigenvalue weighted by molar-refractivity contribution is -0.384. The van der Waals surface area contributed by atoms with Crippen LogP contribution in [-0.4, -0.2) is 25.8 Å². The average Bonchev–Trinajstić information content (AvgIpc) is 2.86. The molecule has 1 heterocycles. The van der Waals surface area contributed by atoms with Crippen LogP contribution in [0.1, 0.15) is 16.1 Å². The summed E-state index contributed by atoms with van der Waals surface area (Å²) in [5, 5.41) is 18.0. The lowest BCUT2D eigenvalue weighted by atomic mass is 10.2. The molecule has 0 aliphatic heterocycles. The number of amides is 1. The third-order valence-electron chi connectivity index (χ3n) is 2.37. The Morgan fingerprint density at radius 2 is 2.32 bits per heavy atom. The van der Waals surface area contributed by atoms with Gasteiger partial charge in [-0.1, -0.05) is 17.3 Å². The van der Waals surface area contributed by atoms with E-state index in [4.69, 9.17) is 5.84 Å². The highest BCUT2D eigenvalue weighted by molar-refractivity contribution is 5.91. The zero-order valence-electron chi connectivity index (χ0n) is 9.68. The number of hydrogen-bond donors (Lipinski definition) is 2. The van der Waals surface area contributed by atoms with E-state index in [0.717, 1.165) is 0 Å². The quantitative estimate of drug-likeness (QED) is 0.341. The van der Waals surface area contributed by atoms with Crippen molar-refractivity contribution in [2.45, 2.75) is 6.54 Å². The van der Waals surface area contributed by atoms with Crippen LogP contribution in [0.25, 0.3) is 0 Å². The standard InChI is InChI=1S/C10H10N6O3/c11-12-10(17)9-6-15(14-13-9)5-7-2-1-3-8(4-7)16(18)19/h1-4,6H,5,11H2,(H,12,17). The van der Waals surface area contributed by atoms with Crippen molar-refractivity contribution in [1.29, 1.82) is 0 Å². The number of aromatic nitrogens is 3. The van der Waals surface area contributed by atoms with Crippen molar-refractivity contribution in [2.75, 3.05) is 0 Å². The van der Waals surface area contributed by atoms with E-state index < -0.39 is 10.8 Å². The summed E-state index contributed by atoms with van der Waals surface area (Å²) in [5.41, 5.74) is 2.69. The SMILES string of the molecule is NNC(=O)c1cn(Cc2cccc([N+](=O)[O-])c2)nn1. The molecule has 0 aliphatic carbocycles. The lowest BCUT2D eigenvalue weighted by Gasteiger charge is -2.00. The average molecular weight is 262 g/mol. The maximum Gasteiger partial charge on any atom is 0.287 e. The van der Waals surface area contributed by atoms with Gasteiger partial charge in [0.1, 0.15) is 0 Å². The largest absolute Gasteiger partial charge is 0.289 e. The number of nitrogen functional groups attached to an aromatic ring is 1. The van der Waals surface area contributed by atoms with Crippen LogP contribution >= 0.6 is 0 Å². The normalized spacial score (nSPS) is 10.2. The van der Waals surface area contributed by atoms with Gasteiger partial charge in [-0.3, -0.25) is 20.3 Å². The minimum atomic E-state index is -0.551. The number of hydrazine groups is 1. The molecule has 1 aromatic heterocycles. The third-order valence-corrected chi connectivity index (χ3v) is 2.37. The van der Waals surface area contributed by atoms with Crippen LogP contribution in [0.5, 0.6) is 0 Å². The molecule has 0 fully saturated rings. The molecule has 0 saturated carbocycles. The zero-order valence-corrected chi connectivity index (χ0v) is 9.68. The van der Waals surface area contributed by atoms with E-state index >= 15 is 0 Å². The van der Waals surface area contributed by atoms with Gasteiger partial charge in [-0.15, -0.1) is 5.10 Å². The topological polar surface area (TPSA) is 129 Å². The van der Waals surface area contributed by atoms with Crippen LogP contribution in [0.2, 0.25) is 0 Å². The first-order valence-corrected chi connectivity index (χ1v) is 5.24. The highest BCUT2D eigenvalue weighted by atomic mass is 16.6. The lowest BCUT2D eigenvalue weighted by Crippen LogP contribution is -2.30. The minimum Gasteiger partial charge on any atom is -0.289 e. The Morgan fingerprint density at radius 3 is 3.00 bits per heavy atom. The number of nitrogens with one attached hydrogen (secondary N) is 1. The van der Waals surface area contributed by atoms with E-state index in [1.165, 1.54) is 23.0 Å². The van der Waals surface area contributed by atoms with Gasteiger partial charge in [-0.2, -0.15) is 0 Å². The van der Waals surface area contributed by atoms with Crippen molar-refractivity contribution >= 4 is 11.6 Å². The molecule has 0 radical (unpaired) electrons. The summed E-state index contributed by atoms with van der Waals surface area (Å²) < 4.78 is 1.39. The fraction of sp³-hybridized carbons (Fsp3) is 0.100. The fourth-order valence-electron chi connectivity index (χ4n) is 1.51. The first-order chi connectivity index (χ1) is 9.10. The zero-order chi connectivity index (χ0) is 13.8. The number of hydrogen-bond acceptors (Lipinski definition) is 6. The van der Waals surface area contributed by atoms with Crippen molar-refractivity contribution in [3.8, 4) is 0 Å². The second-order valence-corrected chi connectivity index (χ2v) is 3.70. The van der Waals surface area contributed by atoms with Crippen molar-refractivity contribution < 1.29 is 9.72 Å². The molecule has 0 bridgehead atoms. The fourth-order valence-corrected chi connectivity index (χ4v) is 1.51. The van der Waals surface area contributed by atoms with E-state index in [9.17, 15) is 14.9 Å². The third kappa shape index (κ3) is 2.90. The van der Waals surface area contributed by atoms with Gasteiger partial charge in [0, 0.05) is 12.1 Å². The molecule has 2 rings (SSSR count). The van der Waals surface area contributed by atoms with Crippen LogP contribution in [0.4, 0.5) is 5.69 Å². The first kappa shape index (κ1) is 12.6. The van der Waals surface area contributed by atoms with E-state index in [0.29, 0.717) is 5.56 Å². The molecule has 0 aliphatic rings. The summed E-state index contributed by atoms with van der Waals surface area (Å²) in [7, 11) is 0. The monoisotopic (exact) mass is 262 g/mol. The smallest absolute Gasteiger partial charge is 0.287 e. The molecule has 98 valence electrons. The number of rotatable bonds is 4. The highest BCUT2D eigenvalue weighted by Gasteiger charge is 2.10. The molecule has 0 atom stereocenters. The molecule has 3 N–H and O–H groups in total.